The molecule has 0 aliphatic carbocycles. The maximum atomic E-state index is 5.24. The van der Waals surface area contributed by atoms with Gasteiger partial charge in [-0.05, 0) is 36.4 Å². The zero-order chi connectivity index (χ0) is 19.2. The molecule has 0 saturated carbocycles. The van der Waals surface area contributed by atoms with E-state index in [4.69, 9.17) is 9.40 Å². The van der Waals surface area contributed by atoms with Crippen LogP contribution < -0.4 is 0 Å². The number of fused-ring (bicyclic) bond motifs is 2. The molecule has 7 heteroatoms. The van der Waals surface area contributed by atoms with E-state index in [0.29, 0.717) is 0 Å². The summed E-state index contributed by atoms with van der Waals surface area (Å²) < 4.78 is 5.24. The summed E-state index contributed by atoms with van der Waals surface area (Å²) in [7, 11) is 0. The minimum Gasteiger partial charge on any atom is -0.472 e. The number of hydrogen-bond donors (Lipinski definition) is 2. The summed E-state index contributed by atoms with van der Waals surface area (Å²) >= 11 is 0. The highest BCUT2D eigenvalue weighted by Gasteiger charge is 2.15. The van der Waals surface area contributed by atoms with Gasteiger partial charge in [-0.15, -0.1) is 0 Å². The molecule has 2 N–H and O–H groups in total. The van der Waals surface area contributed by atoms with Crippen LogP contribution in [0.2, 0.25) is 0 Å². The molecule has 0 radical (unpaired) electrons. The molecule has 0 unspecified atom stereocenters. The standard InChI is InChI=1S/C22H14N6O/c1-2-18-21(26-17(1)13-3-6-23-7-4-13)22(28-27-18)19-9-15-16(14-5-8-29-12-14)10-24-11-20(15)25-19/h1-12,25H,(H,27,28). The topological polar surface area (TPSA) is 96.3 Å². The lowest BCUT2D eigenvalue weighted by molar-refractivity contribution is 0.568. The van der Waals surface area contributed by atoms with E-state index < -0.39 is 0 Å². The molecule has 0 amide bonds. The van der Waals surface area contributed by atoms with Crippen LogP contribution in [0.25, 0.3) is 55.7 Å². The molecule has 0 aromatic carbocycles. The molecule has 0 atom stereocenters. The van der Waals surface area contributed by atoms with Gasteiger partial charge in [-0.1, -0.05) is 0 Å². The van der Waals surface area contributed by atoms with Gasteiger partial charge in [0.05, 0.1) is 41.1 Å². The Kier molecular flexibility index (Phi) is 3.33. The number of pyridine rings is 3. The van der Waals surface area contributed by atoms with E-state index in [0.717, 1.165) is 55.7 Å². The normalized spacial score (nSPS) is 11.4. The number of furan rings is 1. The van der Waals surface area contributed by atoms with Crippen molar-refractivity contribution in [1.29, 1.82) is 0 Å². The second-order valence-electron chi connectivity index (χ2n) is 6.74. The van der Waals surface area contributed by atoms with Crippen LogP contribution in [0.4, 0.5) is 0 Å². The summed E-state index contributed by atoms with van der Waals surface area (Å²) in [6.07, 6.45) is 10.6. The van der Waals surface area contributed by atoms with Crippen molar-refractivity contribution in [3.05, 3.63) is 73.7 Å². The SMILES string of the molecule is c1cc(-c2ccc3[nH]nc(-c4cc5c(-c6ccoc6)cncc5[nH]4)c3n2)ccn1. The van der Waals surface area contributed by atoms with Gasteiger partial charge in [-0.25, -0.2) is 4.98 Å². The molecule has 0 bridgehead atoms. The van der Waals surface area contributed by atoms with Gasteiger partial charge in [0, 0.05) is 40.7 Å². The Morgan fingerprint density at radius 3 is 2.66 bits per heavy atom. The third-order valence-electron chi connectivity index (χ3n) is 5.02. The van der Waals surface area contributed by atoms with Gasteiger partial charge in [0.2, 0.25) is 0 Å². The van der Waals surface area contributed by atoms with Crippen LogP contribution in [0.5, 0.6) is 0 Å². The van der Waals surface area contributed by atoms with Gasteiger partial charge >= 0.3 is 0 Å². The monoisotopic (exact) mass is 378 g/mol. The Morgan fingerprint density at radius 1 is 0.862 bits per heavy atom. The van der Waals surface area contributed by atoms with Crippen molar-refractivity contribution in [2.75, 3.05) is 0 Å². The van der Waals surface area contributed by atoms with Crippen molar-refractivity contribution in [2.24, 2.45) is 0 Å². The summed E-state index contributed by atoms with van der Waals surface area (Å²) in [6, 6.07) is 11.9. The Bertz CT molecular complexity index is 1450. The summed E-state index contributed by atoms with van der Waals surface area (Å²) in [5.41, 5.74) is 8.14. The van der Waals surface area contributed by atoms with E-state index in [1.54, 1.807) is 24.9 Å². The summed E-state index contributed by atoms with van der Waals surface area (Å²) in [6.45, 7) is 0. The van der Waals surface area contributed by atoms with Crippen LogP contribution in [0, 0.1) is 0 Å². The lowest BCUT2D eigenvalue weighted by Gasteiger charge is -2.00. The first kappa shape index (κ1) is 15.8. The molecule has 6 rings (SSSR count). The zero-order valence-corrected chi connectivity index (χ0v) is 15.1. The lowest BCUT2D eigenvalue weighted by Crippen LogP contribution is -1.86. The molecule has 0 fully saturated rings. The van der Waals surface area contributed by atoms with Crippen molar-refractivity contribution >= 4 is 21.9 Å². The van der Waals surface area contributed by atoms with E-state index in [-0.39, 0.29) is 0 Å². The highest BCUT2D eigenvalue weighted by molar-refractivity contribution is 5.99. The first-order valence-electron chi connectivity index (χ1n) is 9.12. The average molecular weight is 378 g/mol. The van der Waals surface area contributed by atoms with Crippen LogP contribution in [-0.4, -0.2) is 30.1 Å². The smallest absolute Gasteiger partial charge is 0.135 e. The number of aromatic amines is 2. The molecule has 0 saturated heterocycles. The summed E-state index contributed by atoms with van der Waals surface area (Å²) in [5, 5.41) is 8.65. The largest absolute Gasteiger partial charge is 0.472 e. The minimum absolute atomic E-state index is 0.769. The molecule has 138 valence electrons. The van der Waals surface area contributed by atoms with Gasteiger partial charge in [0.1, 0.15) is 11.2 Å². The van der Waals surface area contributed by atoms with Gasteiger partial charge < -0.3 is 9.40 Å². The molecule has 29 heavy (non-hydrogen) atoms. The molecule has 0 spiro atoms. The Morgan fingerprint density at radius 2 is 1.79 bits per heavy atom. The van der Waals surface area contributed by atoms with Gasteiger partial charge in [-0.2, -0.15) is 5.10 Å². The minimum atomic E-state index is 0.769. The second-order valence-corrected chi connectivity index (χ2v) is 6.74. The zero-order valence-electron chi connectivity index (χ0n) is 15.1. The third kappa shape index (κ3) is 2.52. The fourth-order valence-electron chi connectivity index (χ4n) is 3.60. The van der Waals surface area contributed by atoms with Crippen molar-refractivity contribution in [3.8, 4) is 33.8 Å². The van der Waals surface area contributed by atoms with Crippen molar-refractivity contribution in [2.45, 2.75) is 0 Å². The van der Waals surface area contributed by atoms with Gasteiger partial charge in [-0.3, -0.25) is 15.1 Å². The van der Waals surface area contributed by atoms with Crippen molar-refractivity contribution < 1.29 is 4.42 Å². The van der Waals surface area contributed by atoms with Crippen LogP contribution in [0.1, 0.15) is 0 Å². The van der Waals surface area contributed by atoms with Crippen LogP contribution in [0.3, 0.4) is 0 Å². The molecule has 6 aromatic rings. The van der Waals surface area contributed by atoms with Crippen LogP contribution >= 0.6 is 0 Å². The van der Waals surface area contributed by atoms with E-state index in [1.807, 2.05) is 42.7 Å². The number of rotatable bonds is 3. The number of hydrogen-bond acceptors (Lipinski definition) is 5. The maximum Gasteiger partial charge on any atom is 0.135 e. The van der Waals surface area contributed by atoms with E-state index in [2.05, 4.69) is 31.2 Å². The number of nitrogens with one attached hydrogen (secondary N) is 2. The number of aromatic nitrogens is 6. The molecule has 0 aliphatic rings. The fraction of sp³-hybridized carbons (Fsp3) is 0. The lowest BCUT2D eigenvalue weighted by atomic mass is 10.1. The fourth-order valence-corrected chi connectivity index (χ4v) is 3.60. The summed E-state index contributed by atoms with van der Waals surface area (Å²) in [5.74, 6) is 0. The molecular formula is C22H14N6O. The van der Waals surface area contributed by atoms with E-state index in [1.165, 1.54) is 0 Å². The van der Waals surface area contributed by atoms with Crippen LogP contribution in [0.15, 0.2) is 78.1 Å². The highest BCUT2D eigenvalue weighted by Crippen LogP contribution is 2.33. The third-order valence-corrected chi connectivity index (χ3v) is 5.02. The Labute approximate surface area is 164 Å². The first-order chi connectivity index (χ1) is 14.4. The Hall–Kier alpha value is -4.26. The van der Waals surface area contributed by atoms with Gasteiger partial charge in [0.25, 0.3) is 0 Å². The number of nitrogens with zero attached hydrogens (tertiary/aromatic N) is 4. The van der Waals surface area contributed by atoms with Crippen molar-refractivity contribution in [1.82, 2.24) is 30.1 Å². The molecule has 7 nitrogen and oxygen atoms in total. The maximum absolute atomic E-state index is 5.24. The van der Waals surface area contributed by atoms with Gasteiger partial charge in [0.15, 0.2) is 0 Å². The quantitative estimate of drug-likeness (QED) is 0.460. The molecule has 6 heterocycles. The predicted molar refractivity (Wildman–Crippen MR) is 110 cm³/mol. The van der Waals surface area contributed by atoms with E-state index >= 15 is 0 Å². The molecule has 0 aliphatic heterocycles. The average Bonchev–Trinajstić information content (AvgIpc) is 3.52. The predicted octanol–water partition coefficient (Wildman–Crippen LogP) is 4.82. The van der Waals surface area contributed by atoms with E-state index in [9.17, 15) is 0 Å². The highest BCUT2D eigenvalue weighted by atomic mass is 16.3. The summed E-state index contributed by atoms with van der Waals surface area (Å²) in [4.78, 5) is 16.7. The number of H-pyrrole nitrogens is 2. The first-order valence-corrected chi connectivity index (χ1v) is 9.12. The Balaban J connectivity index is 1.53. The second kappa shape index (κ2) is 6.13. The van der Waals surface area contributed by atoms with Crippen LogP contribution in [-0.2, 0) is 0 Å². The van der Waals surface area contributed by atoms with Crippen molar-refractivity contribution in [3.63, 3.8) is 0 Å². The molecular weight excluding hydrogens is 364 g/mol. The molecule has 6 aromatic heterocycles.